The first-order chi connectivity index (χ1) is 9.69. The zero-order valence-corrected chi connectivity index (χ0v) is 12.5. The molecular formula is C14H24N2O5. The zero-order valence-electron chi connectivity index (χ0n) is 12.5. The lowest BCUT2D eigenvalue weighted by atomic mass is 9.75. The van der Waals surface area contributed by atoms with Crippen molar-refractivity contribution in [3.05, 3.63) is 0 Å². The molecule has 1 fully saturated rings. The van der Waals surface area contributed by atoms with Gasteiger partial charge in [-0.25, -0.2) is 9.59 Å². The minimum absolute atomic E-state index is 0.0302. The number of carboxylic acids is 2. The third-order valence-corrected chi connectivity index (χ3v) is 3.79. The van der Waals surface area contributed by atoms with Crippen LogP contribution in [0.4, 0.5) is 4.79 Å². The van der Waals surface area contributed by atoms with E-state index in [1.807, 2.05) is 0 Å². The Morgan fingerprint density at radius 3 is 2.48 bits per heavy atom. The van der Waals surface area contributed by atoms with Crippen molar-refractivity contribution < 1.29 is 24.6 Å². The monoisotopic (exact) mass is 300 g/mol. The van der Waals surface area contributed by atoms with Crippen LogP contribution >= 0.6 is 0 Å². The fourth-order valence-corrected chi connectivity index (χ4v) is 2.73. The second-order valence-electron chi connectivity index (χ2n) is 6.40. The van der Waals surface area contributed by atoms with Crippen LogP contribution in [0.5, 0.6) is 0 Å². The molecule has 1 rings (SSSR count). The molecule has 1 unspecified atom stereocenters. The number of hydrogen-bond donors (Lipinski definition) is 4. The smallest absolute Gasteiger partial charge is 0.326 e. The van der Waals surface area contributed by atoms with E-state index in [9.17, 15) is 14.4 Å². The molecule has 0 radical (unpaired) electrons. The van der Waals surface area contributed by atoms with E-state index >= 15 is 0 Å². The average Bonchev–Trinajstić information content (AvgIpc) is 2.32. The first kappa shape index (κ1) is 17.3. The van der Waals surface area contributed by atoms with Crippen molar-refractivity contribution in [1.82, 2.24) is 10.6 Å². The molecule has 120 valence electrons. The van der Waals surface area contributed by atoms with Crippen LogP contribution < -0.4 is 10.6 Å². The summed E-state index contributed by atoms with van der Waals surface area (Å²) in [5.41, 5.74) is 0.172. The molecule has 0 saturated heterocycles. The number of carbonyl (C=O) groups is 3. The van der Waals surface area contributed by atoms with Crippen molar-refractivity contribution in [1.29, 1.82) is 0 Å². The van der Waals surface area contributed by atoms with Crippen molar-refractivity contribution in [3.63, 3.8) is 0 Å². The Balaban J connectivity index is 2.46. The predicted octanol–water partition coefficient (Wildman–Crippen LogP) is 1.57. The van der Waals surface area contributed by atoms with E-state index in [1.165, 1.54) is 0 Å². The van der Waals surface area contributed by atoms with E-state index in [-0.39, 0.29) is 24.3 Å². The number of nitrogens with one attached hydrogen (secondary N) is 2. The molecule has 2 amide bonds. The van der Waals surface area contributed by atoms with Crippen molar-refractivity contribution in [2.45, 2.75) is 64.5 Å². The van der Waals surface area contributed by atoms with Gasteiger partial charge < -0.3 is 20.8 Å². The molecule has 7 heteroatoms. The Bertz CT molecular complexity index is 408. The fraction of sp³-hybridized carbons (Fsp3) is 0.786. The van der Waals surface area contributed by atoms with Gasteiger partial charge in [-0.3, -0.25) is 4.79 Å². The molecule has 2 atom stereocenters. The van der Waals surface area contributed by atoms with Gasteiger partial charge in [-0.05, 0) is 31.1 Å². The summed E-state index contributed by atoms with van der Waals surface area (Å²) in [6.07, 6.45) is 3.45. The molecule has 1 aliphatic rings. The molecule has 1 aliphatic carbocycles. The van der Waals surface area contributed by atoms with E-state index in [4.69, 9.17) is 10.2 Å². The molecule has 0 aromatic rings. The normalized spacial score (nSPS) is 22.1. The standard InChI is InChI=1S/C14H24N2O5/c1-14(2)7-3-4-9(8-14)15-13(21)16-10(12(19)20)5-6-11(17)18/h9-10H,3-8H2,1-2H3,(H,17,18)(H,19,20)(H2,15,16,21)/t9?,10-/m0/s1. The van der Waals surface area contributed by atoms with Gasteiger partial charge in [0, 0.05) is 12.5 Å². The van der Waals surface area contributed by atoms with Crippen LogP contribution in [0.3, 0.4) is 0 Å². The summed E-state index contributed by atoms with van der Waals surface area (Å²) < 4.78 is 0. The minimum Gasteiger partial charge on any atom is -0.481 e. The molecule has 1 saturated carbocycles. The number of amides is 2. The number of rotatable bonds is 6. The Morgan fingerprint density at radius 1 is 1.29 bits per heavy atom. The van der Waals surface area contributed by atoms with Crippen LogP contribution in [-0.2, 0) is 9.59 Å². The van der Waals surface area contributed by atoms with Crippen LogP contribution in [0.1, 0.15) is 52.4 Å². The van der Waals surface area contributed by atoms with Crippen LogP contribution in [0.15, 0.2) is 0 Å². The number of carbonyl (C=O) groups excluding carboxylic acids is 1. The Kier molecular flexibility index (Phi) is 5.99. The van der Waals surface area contributed by atoms with Gasteiger partial charge in [-0.1, -0.05) is 20.3 Å². The molecule has 21 heavy (non-hydrogen) atoms. The lowest BCUT2D eigenvalue weighted by Crippen LogP contribution is -2.50. The number of aliphatic carboxylic acids is 2. The largest absolute Gasteiger partial charge is 0.481 e. The summed E-state index contributed by atoms with van der Waals surface area (Å²) in [5, 5.41) is 22.7. The Labute approximate surface area is 124 Å². The highest BCUT2D eigenvalue weighted by molar-refractivity contribution is 5.83. The van der Waals surface area contributed by atoms with Crippen molar-refractivity contribution >= 4 is 18.0 Å². The first-order valence-corrected chi connectivity index (χ1v) is 7.21. The van der Waals surface area contributed by atoms with Gasteiger partial charge in [0.1, 0.15) is 6.04 Å². The van der Waals surface area contributed by atoms with Crippen LogP contribution in [0.25, 0.3) is 0 Å². The maximum absolute atomic E-state index is 11.8. The van der Waals surface area contributed by atoms with Crippen molar-refractivity contribution in [2.75, 3.05) is 0 Å². The highest BCUT2D eigenvalue weighted by Gasteiger charge is 2.29. The third-order valence-electron chi connectivity index (χ3n) is 3.79. The molecule has 4 N–H and O–H groups in total. The topological polar surface area (TPSA) is 116 Å². The third kappa shape index (κ3) is 6.46. The van der Waals surface area contributed by atoms with Gasteiger partial charge in [-0.15, -0.1) is 0 Å². The van der Waals surface area contributed by atoms with Crippen molar-refractivity contribution in [3.8, 4) is 0 Å². The van der Waals surface area contributed by atoms with Gasteiger partial charge in [0.15, 0.2) is 0 Å². The number of carboxylic acid groups (broad SMARTS) is 2. The van der Waals surface area contributed by atoms with Crippen molar-refractivity contribution in [2.24, 2.45) is 5.41 Å². The lowest BCUT2D eigenvalue weighted by molar-refractivity contribution is -0.140. The Hall–Kier alpha value is -1.79. The van der Waals surface area contributed by atoms with Gasteiger partial charge in [0.2, 0.25) is 0 Å². The first-order valence-electron chi connectivity index (χ1n) is 7.21. The highest BCUT2D eigenvalue weighted by atomic mass is 16.4. The maximum atomic E-state index is 11.8. The average molecular weight is 300 g/mol. The zero-order chi connectivity index (χ0) is 16.0. The van der Waals surface area contributed by atoms with Gasteiger partial charge >= 0.3 is 18.0 Å². The van der Waals surface area contributed by atoms with Crippen LogP contribution in [0, 0.1) is 5.41 Å². The molecular weight excluding hydrogens is 276 g/mol. The molecule has 7 nitrogen and oxygen atoms in total. The number of hydrogen-bond acceptors (Lipinski definition) is 3. The van der Waals surface area contributed by atoms with E-state index < -0.39 is 24.0 Å². The van der Waals surface area contributed by atoms with E-state index in [1.54, 1.807) is 0 Å². The second-order valence-corrected chi connectivity index (χ2v) is 6.40. The summed E-state index contributed by atoms with van der Waals surface area (Å²) in [6.45, 7) is 4.29. The summed E-state index contributed by atoms with van der Waals surface area (Å²) in [5.74, 6) is -2.31. The van der Waals surface area contributed by atoms with E-state index in [0.29, 0.717) is 0 Å². The second kappa shape index (κ2) is 7.28. The molecule has 0 aromatic heterocycles. The van der Waals surface area contributed by atoms with Crippen LogP contribution in [0.2, 0.25) is 0 Å². The minimum atomic E-state index is -1.23. The summed E-state index contributed by atoms with van der Waals surface area (Å²) in [4.78, 5) is 33.3. The predicted molar refractivity (Wildman–Crippen MR) is 76.0 cm³/mol. The lowest BCUT2D eigenvalue weighted by Gasteiger charge is -2.35. The Morgan fingerprint density at radius 2 is 1.95 bits per heavy atom. The van der Waals surface area contributed by atoms with Gasteiger partial charge in [0.05, 0.1) is 0 Å². The molecule has 0 bridgehead atoms. The summed E-state index contributed by atoms with van der Waals surface area (Å²) in [7, 11) is 0. The van der Waals surface area contributed by atoms with E-state index in [2.05, 4.69) is 24.5 Å². The summed E-state index contributed by atoms with van der Waals surface area (Å²) >= 11 is 0. The molecule has 0 aliphatic heterocycles. The summed E-state index contributed by atoms with van der Waals surface area (Å²) in [6, 6.07) is -1.70. The number of urea groups is 1. The molecule has 0 spiro atoms. The quantitative estimate of drug-likeness (QED) is 0.594. The van der Waals surface area contributed by atoms with Crippen LogP contribution in [-0.4, -0.2) is 40.3 Å². The SMILES string of the molecule is CC1(C)CCCC(NC(=O)N[C@@H](CCC(=O)O)C(=O)O)C1. The van der Waals surface area contributed by atoms with E-state index in [0.717, 1.165) is 25.7 Å². The molecule has 0 aromatic carbocycles. The maximum Gasteiger partial charge on any atom is 0.326 e. The fourth-order valence-electron chi connectivity index (χ4n) is 2.73. The highest BCUT2D eigenvalue weighted by Crippen LogP contribution is 2.34. The van der Waals surface area contributed by atoms with Gasteiger partial charge in [-0.2, -0.15) is 0 Å². The van der Waals surface area contributed by atoms with Gasteiger partial charge in [0.25, 0.3) is 0 Å². The molecule has 0 heterocycles.